The number of benzene rings is 7. The number of halogens is 2. The van der Waals surface area contributed by atoms with Crippen molar-refractivity contribution in [3.8, 4) is 80.1 Å². The van der Waals surface area contributed by atoms with Gasteiger partial charge >= 0.3 is 5.97 Å². The number of aliphatic hydroxyl groups excluding tert-OH is 10. The number of ether oxygens (including phenoxy) is 9. The number of carbonyl (C=O) groups is 9. The summed E-state index contributed by atoms with van der Waals surface area (Å²) in [7, 11) is 0. The summed E-state index contributed by atoms with van der Waals surface area (Å²) in [5.41, 5.74) is 0.403. The number of nitrogens with one attached hydrogen (secondary N) is 8. The van der Waals surface area contributed by atoms with Crippen molar-refractivity contribution in [3.63, 3.8) is 0 Å². The van der Waals surface area contributed by atoms with Crippen LogP contribution < -0.4 is 72.0 Å². The molecular formula is C88H98Cl2N9O33+. The van der Waals surface area contributed by atoms with E-state index < -0.39 is 310 Å². The molecule has 9 aliphatic rings. The zero-order valence-corrected chi connectivity index (χ0v) is 71.8. The van der Waals surface area contributed by atoms with E-state index >= 15 is 24.0 Å². The van der Waals surface area contributed by atoms with Gasteiger partial charge in [-0.15, -0.1) is 0 Å². The maximum Gasteiger partial charge on any atom is 0.330 e. The first-order chi connectivity index (χ1) is 63.0. The Morgan fingerprint density at radius 3 is 1.66 bits per heavy atom. The molecule has 0 radical (unpaired) electrons. The van der Waals surface area contributed by atoms with Crippen molar-refractivity contribution in [1.82, 2.24) is 42.5 Å². The van der Waals surface area contributed by atoms with Crippen molar-refractivity contribution < 1.29 is 168 Å². The third-order valence-corrected chi connectivity index (χ3v) is 24.1. The maximum atomic E-state index is 17.0. The highest BCUT2D eigenvalue weighted by molar-refractivity contribution is 6.32. The molecule has 17 bridgehead atoms. The van der Waals surface area contributed by atoms with Crippen molar-refractivity contribution in [3.05, 3.63) is 164 Å². The molecule has 7 aromatic carbocycles. The van der Waals surface area contributed by atoms with Crippen molar-refractivity contribution >= 4 is 76.4 Å². The normalized spacial score (nSPS) is 28.9. The molecule has 706 valence electrons. The molecule has 0 aromatic heterocycles. The lowest BCUT2D eigenvalue weighted by Gasteiger charge is -2.44. The van der Waals surface area contributed by atoms with Crippen LogP contribution in [0, 0.1) is 0 Å². The number of fused-ring (bicyclic) bond motifs is 14. The molecular weight excluding hydrogens is 1780 g/mol. The Morgan fingerprint density at radius 1 is 0.485 bits per heavy atom. The molecule has 0 aliphatic carbocycles. The number of carboxylic acid groups (broad SMARTS) is 1. The fraction of sp³-hybridized carbons (Fsp3) is 0.420. The minimum Gasteiger partial charge on any atom is -0.508 e. The zero-order chi connectivity index (χ0) is 94.7. The Morgan fingerprint density at radius 2 is 1.03 bits per heavy atom. The van der Waals surface area contributed by atoms with E-state index in [1.165, 1.54) is 36.4 Å². The molecule has 1 unspecified atom stereocenters. The van der Waals surface area contributed by atoms with E-state index in [-0.39, 0.29) is 45.4 Å². The van der Waals surface area contributed by atoms with Gasteiger partial charge in [0.2, 0.25) is 59.7 Å². The predicted octanol–water partition coefficient (Wildman–Crippen LogP) is 0.447. The van der Waals surface area contributed by atoms with Crippen LogP contribution in [0.1, 0.15) is 140 Å². The second kappa shape index (κ2) is 41.0. The summed E-state index contributed by atoms with van der Waals surface area (Å²) >= 11 is 14.7. The van der Waals surface area contributed by atoms with Gasteiger partial charge in [0.1, 0.15) is 150 Å². The van der Waals surface area contributed by atoms with Crippen molar-refractivity contribution in [2.75, 3.05) is 19.8 Å². The Kier molecular flexibility index (Phi) is 29.8. The van der Waals surface area contributed by atoms with E-state index in [1.807, 2.05) is 0 Å². The van der Waals surface area contributed by atoms with Crippen LogP contribution in [0.2, 0.25) is 10.0 Å². The number of hydrogen-bond acceptors (Lipinski definition) is 32. The number of unbranched alkanes of at least 4 members (excludes halogenated alkanes) is 6. The fourth-order valence-corrected chi connectivity index (χ4v) is 17.0. The lowest BCUT2D eigenvalue weighted by Crippen LogP contribution is -2.65. The molecule has 7 aromatic rings. The van der Waals surface area contributed by atoms with Gasteiger partial charge in [-0.25, -0.2) is 4.79 Å². The van der Waals surface area contributed by atoms with Crippen LogP contribution in [0.25, 0.3) is 11.1 Å². The minimum atomic E-state index is -2.59. The lowest BCUT2D eigenvalue weighted by molar-refractivity contribution is -0.409. The van der Waals surface area contributed by atoms with Crippen LogP contribution in [-0.2, 0) is 68.5 Å². The molecule has 3 fully saturated rings. The molecule has 0 saturated carbocycles. The van der Waals surface area contributed by atoms with Gasteiger partial charge in [-0.3, -0.25) is 38.4 Å². The number of aliphatic carboxylic acids is 1. The standard InChI is InChI=1S/C88H97Cl2N9O33/c1-3-4-5-6-7-8-9-10-60(108)94-68-74(113)71(110)58(32-101)129-87(68)132-78-55-26-40-27-56(78)126-52-18-14-38(24-47(52)90)77(131-86-67(92-34(2)103)73(112)70(109)57(31-100)128-86)69-84(121)98-66(85(122)123)45-29-42(105)30-54(127-88-76(115)75(114)72(111)59(33-102)130-88)61(45)44-23-37(13-15-49(44)106)63(81(118)99-69)96-83(120)65(40)97-82(119)64-39-21-41(104)28-43(22-39)124-53-25-36(12-16-50(53)107)62(91)80(117)93-48(79(116)95-64)20-35-11-17-51(125-55)46(89)19-35/h11-19,21-30,48,57-59,62-77,86-88,100-102,104-107,109-115H,3-10,20,31-33,91H2,1-2H3,(H,92,103)(H,93,117)(H,94,108)(H,95,116)(H,96,120)(H,97,119)(H,98,121)(H,99,118)(H,122,123)/p+1/t48-,57-,58-,59-,62+,63-,64+,65-,66?,67-,68-,69+,70-,71-,72-,73-,74-,75+,76+,77-,86+,87+,88+/m1/s1. The van der Waals surface area contributed by atoms with Crippen LogP contribution >= 0.6 is 23.2 Å². The number of aromatic hydroxyl groups is 4. The van der Waals surface area contributed by atoms with Gasteiger partial charge in [-0.2, -0.15) is 0 Å². The second-order valence-electron chi connectivity index (χ2n) is 32.8. The monoisotopic (exact) mass is 1880 g/mol. The Bertz CT molecular complexity index is 5540. The van der Waals surface area contributed by atoms with E-state index in [2.05, 4.69) is 55.2 Å². The fourth-order valence-electron chi connectivity index (χ4n) is 16.6. The highest BCUT2D eigenvalue weighted by Crippen LogP contribution is 2.51. The molecule has 132 heavy (non-hydrogen) atoms. The molecule has 9 heterocycles. The Balaban J connectivity index is 1.04. The van der Waals surface area contributed by atoms with Gasteiger partial charge in [-0.1, -0.05) is 86.8 Å². The molecule has 0 spiro atoms. The number of hydrogen-bond donors (Lipinski definition) is 24. The van der Waals surface area contributed by atoms with Gasteiger partial charge in [0.15, 0.2) is 41.4 Å². The van der Waals surface area contributed by atoms with Gasteiger partial charge in [-0.05, 0) is 119 Å². The largest absolute Gasteiger partial charge is 0.508 e. The number of carboxylic acids is 1. The molecule has 26 N–H and O–H groups in total. The Hall–Kier alpha value is -12.1. The average molecular weight is 1880 g/mol. The first kappa shape index (κ1) is 96.0. The second-order valence-corrected chi connectivity index (χ2v) is 33.6. The number of quaternary nitrogens is 1. The predicted molar refractivity (Wildman–Crippen MR) is 452 cm³/mol. The maximum absolute atomic E-state index is 17.0. The lowest BCUT2D eigenvalue weighted by atomic mass is 9.89. The quantitative estimate of drug-likeness (QED) is 0.0461. The molecule has 42 nitrogen and oxygen atoms in total. The summed E-state index contributed by atoms with van der Waals surface area (Å²) < 4.78 is 57.5. The summed E-state index contributed by atoms with van der Waals surface area (Å²) in [5.74, 6) is -19.2. The third-order valence-electron chi connectivity index (χ3n) is 23.5. The number of carbonyl (C=O) groups excluding carboxylic acids is 8. The summed E-state index contributed by atoms with van der Waals surface area (Å²) in [6.07, 6.45) is -23.7. The molecule has 23 atom stereocenters. The molecule has 44 heteroatoms. The van der Waals surface area contributed by atoms with E-state index in [0.717, 1.165) is 118 Å². The number of aliphatic hydroxyl groups is 10. The van der Waals surface area contributed by atoms with Crippen LogP contribution in [0.4, 0.5) is 0 Å². The average Bonchev–Trinajstić information content (AvgIpc) is 0.757. The SMILES string of the molecule is CCCCCCCCCC(=O)N[C@H]1[C@H](Oc2c3cc4cc2Oc2ccc(cc2Cl)[C@@H](O[C@@H]2O[C@H](CO)[C@@H](O)[C@H](O)[C@H]2NC(C)=O)[C@@H]2NC(=O)[C@H](NC(=O)[C@@H]4NC(=O)[C@H]4NC(=O)[C@@H](Cc5ccc(c(Cl)c5)O3)NC(=O)[C@@H]([NH3+])c3ccc(O)c(c3)Oc3cc(O)cc4c3)c3ccc(O)c(c3)-c3c(O[C@H]4O[C@H](CO)[C@@H](O)[C@H](O)[C@@H]4O)cc(O)cc3C(C(=O)O)NC2=O)O[C@H](CO)[C@@H](O)[C@@H]1O. The highest BCUT2D eigenvalue weighted by atomic mass is 35.5. The van der Waals surface area contributed by atoms with E-state index in [4.69, 9.17) is 65.8 Å². The smallest absolute Gasteiger partial charge is 0.330 e. The third kappa shape index (κ3) is 20.7. The van der Waals surface area contributed by atoms with E-state index in [1.54, 1.807) is 0 Å². The summed E-state index contributed by atoms with van der Waals surface area (Å²) in [4.78, 5) is 138. The molecule has 3 saturated heterocycles. The minimum absolute atomic E-state index is 0.135. The number of amides is 8. The van der Waals surface area contributed by atoms with Crippen LogP contribution in [-0.4, -0.2) is 254 Å². The number of rotatable bonds is 20. The van der Waals surface area contributed by atoms with E-state index in [0.29, 0.717) is 12.8 Å². The Labute approximate surface area is 759 Å². The first-order valence-electron chi connectivity index (χ1n) is 42.2. The van der Waals surface area contributed by atoms with Crippen LogP contribution in [0.5, 0.6) is 69.0 Å². The van der Waals surface area contributed by atoms with Crippen LogP contribution in [0.15, 0.2) is 115 Å². The number of phenolic OH excluding ortho intramolecular Hbond substituents is 4. The first-order valence-corrected chi connectivity index (χ1v) is 42.9. The van der Waals surface area contributed by atoms with Gasteiger partial charge in [0.25, 0.3) is 5.91 Å². The van der Waals surface area contributed by atoms with Gasteiger partial charge in [0.05, 0.1) is 29.9 Å². The molecule has 16 rings (SSSR count). The summed E-state index contributed by atoms with van der Waals surface area (Å²) in [6.45, 7) is -0.100. The highest BCUT2D eigenvalue weighted by Gasteiger charge is 2.52. The van der Waals surface area contributed by atoms with Crippen molar-refractivity contribution in [2.45, 2.75) is 212 Å². The van der Waals surface area contributed by atoms with Crippen molar-refractivity contribution in [1.29, 1.82) is 0 Å². The van der Waals surface area contributed by atoms with E-state index in [9.17, 15) is 95.8 Å². The van der Waals surface area contributed by atoms with Gasteiger partial charge < -0.3 is 167 Å². The summed E-state index contributed by atoms with van der Waals surface area (Å²) in [6, 6.07) is 1.30. The molecule has 8 amide bonds. The van der Waals surface area contributed by atoms with Crippen LogP contribution in [0.3, 0.4) is 0 Å². The molecule has 9 aliphatic heterocycles. The van der Waals surface area contributed by atoms with Gasteiger partial charge in [0, 0.05) is 54.2 Å². The summed E-state index contributed by atoms with van der Waals surface area (Å²) in [5, 5.41) is 190. The zero-order valence-electron chi connectivity index (χ0n) is 70.3. The topological polar surface area (TPSA) is 664 Å². The number of phenols is 4. The van der Waals surface area contributed by atoms with Crippen molar-refractivity contribution in [2.24, 2.45) is 0 Å².